The molecule has 0 saturated heterocycles. The molecule has 0 fully saturated rings. The number of aromatic nitrogens is 1. The van der Waals surface area contributed by atoms with E-state index in [-0.39, 0.29) is 6.03 Å². The standard InChI is InChI=1S/C21H30N4O3/c1-5-25(6-2)20-10-8-17(14-23-20)15-24-21(26)22-12-11-16-7-9-18(27-3)19(13-16)28-4/h7-10,13-14H,5-6,11-12,15H2,1-4H3,(H2,22,24,26). The summed E-state index contributed by atoms with van der Waals surface area (Å²) in [5.74, 6) is 2.33. The summed E-state index contributed by atoms with van der Waals surface area (Å²) in [5, 5.41) is 5.72. The molecule has 152 valence electrons. The van der Waals surface area contributed by atoms with E-state index in [9.17, 15) is 4.79 Å². The Morgan fingerprint density at radius 2 is 1.71 bits per heavy atom. The molecule has 0 atom stereocenters. The molecule has 0 saturated carbocycles. The highest BCUT2D eigenvalue weighted by Gasteiger charge is 2.06. The van der Waals surface area contributed by atoms with Crippen molar-refractivity contribution in [3.05, 3.63) is 47.7 Å². The van der Waals surface area contributed by atoms with Crippen molar-refractivity contribution in [1.29, 1.82) is 0 Å². The van der Waals surface area contributed by atoms with Gasteiger partial charge in [0.15, 0.2) is 11.5 Å². The van der Waals surface area contributed by atoms with Gasteiger partial charge in [-0.2, -0.15) is 0 Å². The predicted octanol–water partition coefficient (Wildman–Crippen LogP) is 2.99. The van der Waals surface area contributed by atoms with Crippen molar-refractivity contribution in [1.82, 2.24) is 15.6 Å². The van der Waals surface area contributed by atoms with Gasteiger partial charge in [0.05, 0.1) is 14.2 Å². The minimum atomic E-state index is -0.201. The lowest BCUT2D eigenvalue weighted by Gasteiger charge is -2.19. The number of nitrogens with zero attached hydrogens (tertiary/aromatic N) is 2. The lowest BCUT2D eigenvalue weighted by Crippen LogP contribution is -2.36. The zero-order valence-corrected chi connectivity index (χ0v) is 17.1. The minimum absolute atomic E-state index is 0.201. The maximum Gasteiger partial charge on any atom is 0.315 e. The van der Waals surface area contributed by atoms with Gasteiger partial charge in [-0.1, -0.05) is 12.1 Å². The summed E-state index contributed by atoms with van der Waals surface area (Å²) in [6.45, 7) is 7.02. The molecule has 2 N–H and O–H groups in total. The molecular weight excluding hydrogens is 356 g/mol. The van der Waals surface area contributed by atoms with Gasteiger partial charge < -0.3 is 25.0 Å². The molecule has 0 spiro atoms. The van der Waals surface area contributed by atoms with Crippen LogP contribution in [0.4, 0.5) is 10.6 Å². The van der Waals surface area contributed by atoms with Gasteiger partial charge in [0, 0.05) is 32.4 Å². The van der Waals surface area contributed by atoms with E-state index in [4.69, 9.17) is 9.47 Å². The van der Waals surface area contributed by atoms with Crippen LogP contribution in [0.25, 0.3) is 0 Å². The lowest BCUT2D eigenvalue weighted by atomic mass is 10.1. The number of hydrogen-bond acceptors (Lipinski definition) is 5. The van der Waals surface area contributed by atoms with Crippen LogP contribution in [0.2, 0.25) is 0 Å². The molecule has 0 bridgehead atoms. The number of pyridine rings is 1. The monoisotopic (exact) mass is 386 g/mol. The molecule has 0 aliphatic heterocycles. The van der Waals surface area contributed by atoms with Crippen LogP contribution in [0, 0.1) is 0 Å². The van der Waals surface area contributed by atoms with Crippen LogP contribution in [0.15, 0.2) is 36.5 Å². The summed E-state index contributed by atoms with van der Waals surface area (Å²) in [6.07, 6.45) is 2.51. The van der Waals surface area contributed by atoms with Crippen LogP contribution in [-0.2, 0) is 13.0 Å². The van der Waals surface area contributed by atoms with Crippen molar-refractivity contribution in [2.45, 2.75) is 26.8 Å². The number of hydrogen-bond donors (Lipinski definition) is 2. The number of methoxy groups -OCH3 is 2. The van der Waals surface area contributed by atoms with Crippen molar-refractivity contribution in [2.24, 2.45) is 0 Å². The Morgan fingerprint density at radius 1 is 1.00 bits per heavy atom. The van der Waals surface area contributed by atoms with Crippen molar-refractivity contribution < 1.29 is 14.3 Å². The number of anilines is 1. The highest BCUT2D eigenvalue weighted by Crippen LogP contribution is 2.27. The van der Waals surface area contributed by atoms with Gasteiger partial charge in [0.25, 0.3) is 0 Å². The maximum absolute atomic E-state index is 12.0. The van der Waals surface area contributed by atoms with E-state index < -0.39 is 0 Å². The molecule has 2 amide bonds. The largest absolute Gasteiger partial charge is 0.493 e. The van der Waals surface area contributed by atoms with Crippen LogP contribution < -0.4 is 25.0 Å². The molecular formula is C21H30N4O3. The van der Waals surface area contributed by atoms with Crippen LogP contribution in [-0.4, -0.2) is 44.9 Å². The van der Waals surface area contributed by atoms with Crippen molar-refractivity contribution >= 4 is 11.8 Å². The molecule has 0 radical (unpaired) electrons. The summed E-state index contributed by atoms with van der Waals surface area (Å²) in [5.41, 5.74) is 2.03. The number of nitrogens with one attached hydrogen (secondary N) is 2. The van der Waals surface area contributed by atoms with E-state index in [1.54, 1.807) is 20.4 Å². The lowest BCUT2D eigenvalue weighted by molar-refractivity contribution is 0.240. The Balaban J connectivity index is 1.76. The Morgan fingerprint density at radius 3 is 2.32 bits per heavy atom. The fraction of sp³-hybridized carbons (Fsp3) is 0.429. The van der Waals surface area contributed by atoms with E-state index in [1.807, 2.05) is 30.3 Å². The van der Waals surface area contributed by atoms with Gasteiger partial charge in [-0.05, 0) is 49.6 Å². The molecule has 1 aromatic carbocycles. The molecule has 2 aromatic rings. The topological polar surface area (TPSA) is 75.7 Å². The molecule has 7 nitrogen and oxygen atoms in total. The summed E-state index contributed by atoms with van der Waals surface area (Å²) < 4.78 is 10.5. The fourth-order valence-electron chi connectivity index (χ4n) is 2.86. The van der Waals surface area contributed by atoms with Crippen molar-refractivity contribution in [3.63, 3.8) is 0 Å². The van der Waals surface area contributed by atoms with Gasteiger partial charge in [0.2, 0.25) is 0 Å². The van der Waals surface area contributed by atoms with Crippen molar-refractivity contribution in [2.75, 3.05) is 38.8 Å². The Hall–Kier alpha value is -2.96. The third-order valence-corrected chi connectivity index (χ3v) is 4.50. The second-order valence-corrected chi connectivity index (χ2v) is 6.25. The number of benzene rings is 1. The van der Waals surface area contributed by atoms with E-state index in [2.05, 4.69) is 34.4 Å². The summed E-state index contributed by atoms with van der Waals surface area (Å²) >= 11 is 0. The van der Waals surface area contributed by atoms with E-state index in [0.29, 0.717) is 31.0 Å². The van der Waals surface area contributed by atoms with Crippen LogP contribution in [0.3, 0.4) is 0 Å². The number of carbonyl (C=O) groups excluding carboxylic acids is 1. The van der Waals surface area contributed by atoms with Gasteiger partial charge >= 0.3 is 6.03 Å². The SMILES string of the molecule is CCN(CC)c1ccc(CNC(=O)NCCc2ccc(OC)c(OC)c2)cn1. The number of rotatable bonds is 10. The zero-order valence-electron chi connectivity index (χ0n) is 17.1. The summed E-state index contributed by atoms with van der Waals surface area (Å²) in [4.78, 5) is 18.6. The Bertz CT molecular complexity index is 746. The molecule has 1 aromatic heterocycles. The normalized spacial score (nSPS) is 10.3. The summed E-state index contributed by atoms with van der Waals surface area (Å²) in [6, 6.07) is 9.52. The highest BCUT2D eigenvalue weighted by molar-refractivity contribution is 5.73. The number of amides is 2. The average molecular weight is 386 g/mol. The van der Waals surface area contributed by atoms with Crippen molar-refractivity contribution in [3.8, 4) is 11.5 Å². The second-order valence-electron chi connectivity index (χ2n) is 6.25. The van der Waals surface area contributed by atoms with Crippen LogP contribution in [0.5, 0.6) is 11.5 Å². The first-order valence-electron chi connectivity index (χ1n) is 9.53. The molecule has 0 unspecified atom stereocenters. The number of carbonyl (C=O) groups is 1. The third kappa shape index (κ3) is 6.04. The fourth-order valence-corrected chi connectivity index (χ4v) is 2.86. The Kier molecular flexibility index (Phi) is 8.39. The second kappa shape index (κ2) is 11.0. The van der Waals surface area contributed by atoms with Gasteiger partial charge in [0.1, 0.15) is 5.82 Å². The molecule has 7 heteroatoms. The molecule has 28 heavy (non-hydrogen) atoms. The summed E-state index contributed by atoms with van der Waals surface area (Å²) in [7, 11) is 3.22. The Labute approximate surface area is 167 Å². The van der Waals surface area contributed by atoms with E-state index >= 15 is 0 Å². The smallest absolute Gasteiger partial charge is 0.315 e. The van der Waals surface area contributed by atoms with Gasteiger partial charge in [-0.3, -0.25) is 0 Å². The van der Waals surface area contributed by atoms with Gasteiger partial charge in [-0.15, -0.1) is 0 Å². The van der Waals surface area contributed by atoms with E-state index in [0.717, 1.165) is 30.0 Å². The van der Waals surface area contributed by atoms with E-state index in [1.165, 1.54) is 0 Å². The first-order valence-corrected chi connectivity index (χ1v) is 9.53. The first-order chi connectivity index (χ1) is 13.6. The predicted molar refractivity (Wildman–Crippen MR) is 111 cm³/mol. The molecule has 1 heterocycles. The first kappa shape index (κ1) is 21.3. The maximum atomic E-state index is 12.0. The quantitative estimate of drug-likeness (QED) is 0.657. The molecule has 0 aliphatic carbocycles. The minimum Gasteiger partial charge on any atom is -0.493 e. The van der Waals surface area contributed by atoms with Gasteiger partial charge in [-0.25, -0.2) is 9.78 Å². The highest BCUT2D eigenvalue weighted by atomic mass is 16.5. The van der Waals surface area contributed by atoms with Crippen LogP contribution in [0.1, 0.15) is 25.0 Å². The molecule has 0 aliphatic rings. The molecule has 2 rings (SSSR count). The number of ether oxygens (including phenoxy) is 2. The average Bonchev–Trinajstić information content (AvgIpc) is 2.74. The number of urea groups is 1. The zero-order chi connectivity index (χ0) is 20.4. The van der Waals surface area contributed by atoms with Crippen LogP contribution >= 0.6 is 0 Å². The third-order valence-electron chi connectivity index (χ3n) is 4.50.